The van der Waals surface area contributed by atoms with Crippen LogP contribution >= 0.6 is 11.6 Å². The molecule has 1 amide bonds. The zero-order valence-corrected chi connectivity index (χ0v) is 12.7. The van der Waals surface area contributed by atoms with Crippen molar-refractivity contribution >= 4 is 29.2 Å². The fourth-order valence-corrected chi connectivity index (χ4v) is 1.82. The van der Waals surface area contributed by atoms with Gasteiger partial charge in [0.1, 0.15) is 0 Å². The second kappa shape index (κ2) is 7.87. The van der Waals surface area contributed by atoms with E-state index in [1.54, 1.807) is 17.0 Å². The van der Waals surface area contributed by atoms with Crippen molar-refractivity contribution in [2.24, 2.45) is 0 Å². The molecule has 0 aliphatic carbocycles. The molecule has 0 bridgehead atoms. The highest BCUT2D eigenvalue weighted by Crippen LogP contribution is 2.20. The molecule has 1 aromatic carbocycles. The van der Waals surface area contributed by atoms with E-state index in [1.165, 1.54) is 7.11 Å². The first-order chi connectivity index (χ1) is 9.46. The van der Waals surface area contributed by atoms with Crippen molar-refractivity contribution in [3.8, 4) is 0 Å². The number of methoxy groups -OCH3 is 1. The van der Waals surface area contributed by atoms with Crippen LogP contribution in [-0.4, -0.2) is 43.5 Å². The quantitative estimate of drug-likeness (QED) is 0.817. The van der Waals surface area contributed by atoms with Gasteiger partial charge in [0.05, 0.1) is 20.2 Å². The highest BCUT2D eigenvalue weighted by atomic mass is 35.5. The Hall–Kier alpha value is -1.59. The molecule has 0 aliphatic heterocycles. The van der Waals surface area contributed by atoms with Gasteiger partial charge in [-0.05, 0) is 31.2 Å². The monoisotopic (exact) mass is 298 g/mol. The van der Waals surface area contributed by atoms with E-state index < -0.39 is 0 Å². The largest absolute Gasteiger partial charge is 0.468 e. The Labute approximate surface area is 123 Å². The number of benzene rings is 1. The number of carbonyl (C=O) groups is 2. The predicted molar refractivity (Wildman–Crippen MR) is 78.9 cm³/mol. The lowest BCUT2D eigenvalue weighted by Crippen LogP contribution is -2.37. The van der Waals surface area contributed by atoms with Crippen molar-refractivity contribution in [3.63, 3.8) is 0 Å². The summed E-state index contributed by atoms with van der Waals surface area (Å²) in [6, 6.07) is 5.30. The van der Waals surface area contributed by atoms with Crippen molar-refractivity contribution in [3.05, 3.63) is 28.8 Å². The first-order valence-corrected chi connectivity index (χ1v) is 6.69. The number of anilines is 1. The smallest absolute Gasteiger partial charge is 0.319 e. The molecule has 1 N–H and O–H groups in total. The van der Waals surface area contributed by atoms with Crippen LogP contribution in [0.15, 0.2) is 18.2 Å². The van der Waals surface area contributed by atoms with Crippen molar-refractivity contribution in [1.82, 2.24) is 4.90 Å². The van der Waals surface area contributed by atoms with E-state index in [0.717, 1.165) is 5.56 Å². The second-order valence-corrected chi connectivity index (χ2v) is 4.82. The van der Waals surface area contributed by atoms with Crippen LogP contribution in [-0.2, 0) is 14.3 Å². The number of likely N-dealkylation sites (N-methyl/N-ethyl adjacent to an activating group) is 1. The Morgan fingerprint density at radius 3 is 2.65 bits per heavy atom. The molecule has 0 unspecified atom stereocenters. The Morgan fingerprint density at radius 1 is 1.35 bits per heavy atom. The first-order valence-electron chi connectivity index (χ1n) is 6.31. The Kier molecular flexibility index (Phi) is 6.48. The number of amides is 1. The molecule has 0 aromatic heterocycles. The lowest BCUT2D eigenvalue weighted by atomic mass is 10.2. The first kappa shape index (κ1) is 16.5. The van der Waals surface area contributed by atoms with Crippen LogP contribution in [0.2, 0.25) is 5.02 Å². The van der Waals surface area contributed by atoms with Gasteiger partial charge in [-0.25, -0.2) is 0 Å². The van der Waals surface area contributed by atoms with Gasteiger partial charge in [0.15, 0.2) is 0 Å². The molecule has 0 heterocycles. The lowest BCUT2D eigenvalue weighted by Gasteiger charge is -2.18. The van der Waals surface area contributed by atoms with Crippen LogP contribution in [0.5, 0.6) is 0 Å². The summed E-state index contributed by atoms with van der Waals surface area (Å²) in [4.78, 5) is 24.9. The average molecular weight is 299 g/mol. The van der Waals surface area contributed by atoms with E-state index in [-0.39, 0.29) is 25.0 Å². The SMILES string of the molecule is CCN(CC(=O)Nc1cc(Cl)ccc1C)CC(=O)OC. The number of nitrogens with one attached hydrogen (secondary N) is 1. The lowest BCUT2D eigenvalue weighted by molar-refractivity contribution is -0.142. The van der Waals surface area contributed by atoms with Gasteiger partial charge in [-0.3, -0.25) is 14.5 Å². The van der Waals surface area contributed by atoms with E-state index >= 15 is 0 Å². The number of hydrogen-bond acceptors (Lipinski definition) is 4. The number of carbonyl (C=O) groups excluding carboxylic acids is 2. The number of esters is 1. The van der Waals surface area contributed by atoms with Gasteiger partial charge in [0.25, 0.3) is 0 Å². The predicted octanol–water partition coefficient (Wildman–Crippen LogP) is 2.08. The topological polar surface area (TPSA) is 58.6 Å². The van der Waals surface area contributed by atoms with Crippen LogP contribution < -0.4 is 5.32 Å². The minimum absolute atomic E-state index is 0.0922. The second-order valence-electron chi connectivity index (χ2n) is 4.39. The van der Waals surface area contributed by atoms with Gasteiger partial charge in [-0.15, -0.1) is 0 Å². The standard InChI is InChI=1S/C14H19ClN2O3/c1-4-17(9-14(19)20-3)8-13(18)16-12-7-11(15)6-5-10(12)2/h5-7H,4,8-9H2,1-3H3,(H,16,18). The average Bonchev–Trinajstić information content (AvgIpc) is 2.41. The van der Waals surface area contributed by atoms with Gasteiger partial charge in [0.2, 0.25) is 5.91 Å². The summed E-state index contributed by atoms with van der Waals surface area (Å²) in [6.07, 6.45) is 0. The van der Waals surface area contributed by atoms with Crippen LogP contribution in [0.3, 0.4) is 0 Å². The summed E-state index contributed by atoms with van der Waals surface area (Å²) in [7, 11) is 1.32. The zero-order chi connectivity index (χ0) is 15.1. The molecule has 0 fully saturated rings. The minimum Gasteiger partial charge on any atom is -0.468 e. The highest BCUT2D eigenvalue weighted by molar-refractivity contribution is 6.31. The molecule has 0 radical (unpaired) electrons. The maximum Gasteiger partial charge on any atom is 0.319 e. The Balaban J connectivity index is 2.61. The van der Waals surface area contributed by atoms with E-state index in [0.29, 0.717) is 17.3 Å². The van der Waals surface area contributed by atoms with Crippen LogP contribution in [0, 0.1) is 6.92 Å². The summed E-state index contributed by atoms with van der Waals surface area (Å²) >= 11 is 5.90. The van der Waals surface area contributed by atoms with E-state index in [4.69, 9.17) is 11.6 Å². The van der Waals surface area contributed by atoms with Crippen molar-refractivity contribution in [2.75, 3.05) is 32.1 Å². The summed E-state index contributed by atoms with van der Waals surface area (Å²) in [6.45, 7) is 4.56. The van der Waals surface area contributed by atoms with Gasteiger partial charge in [0, 0.05) is 10.7 Å². The molecule has 0 atom stereocenters. The van der Waals surface area contributed by atoms with Gasteiger partial charge in [-0.2, -0.15) is 0 Å². The third kappa shape index (κ3) is 5.19. The summed E-state index contributed by atoms with van der Waals surface area (Å²) in [5, 5.41) is 3.35. The third-order valence-electron chi connectivity index (χ3n) is 2.87. The fourth-order valence-electron chi connectivity index (χ4n) is 1.65. The van der Waals surface area contributed by atoms with Gasteiger partial charge in [-0.1, -0.05) is 24.6 Å². The van der Waals surface area contributed by atoms with Crippen molar-refractivity contribution in [1.29, 1.82) is 0 Å². The molecule has 110 valence electrons. The summed E-state index contributed by atoms with van der Waals surface area (Å²) < 4.78 is 4.59. The normalized spacial score (nSPS) is 10.4. The maximum atomic E-state index is 12.0. The third-order valence-corrected chi connectivity index (χ3v) is 3.10. The minimum atomic E-state index is -0.362. The highest BCUT2D eigenvalue weighted by Gasteiger charge is 2.14. The number of aryl methyl sites for hydroxylation is 1. The fraction of sp³-hybridized carbons (Fsp3) is 0.429. The molecule has 0 saturated heterocycles. The molecule has 5 nitrogen and oxygen atoms in total. The number of rotatable bonds is 6. The number of hydrogen-bond donors (Lipinski definition) is 1. The molecule has 20 heavy (non-hydrogen) atoms. The number of halogens is 1. The maximum absolute atomic E-state index is 12.0. The number of ether oxygens (including phenoxy) is 1. The molecule has 1 rings (SSSR count). The molecule has 0 saturated carbocycles. The summed E-state index contributed by atoms with van der Waals surface area (Å²) in [5.74, 6) is -0.556. The molecule has 0 aliphatic rings. The Morgan fingerprint density at radius 2 is 2.05 bits per heavy atom. The van der Waals surface area contributed by atoms with E-state index in [9.17, 15) is 9.59 Å². The van der Waals surface area contributed by atoms with Crippen LogP contribution in [0.1, 0.15) is 12.5 Å². The molecule has 0 spiro atoms. The molecule has 6 heteroatoms. The Bertz CT molecular complexity index is 491. The van der Waals surface area contributed by atoms with E-state index in [2.05, 4.69) is 10.1 Å². The molecule has 1 aromatic rings. The van der Waals surface area contributed by atoms with Crippen molar-refractivity contribution < 1.29 is 14.3 Å². The zero-order valence-electron chi connectivity index (χ0n) is 11.9. The molecular weight excluding hydrogens is 280 g/mol. The van der Waals surface area contributed by atoms with Crippen LogP contribution in [0.4, 0.5) is 5.69 Å². The van der Waals surface area contributed by atoms with Gasteiger partial charge < -0.3 is 10.1 Å². The van der Waals surface area contributed by atoms with E-state index in [1.807, 2.05) is 19.9 Å². The van der Waals surface area contributed by atoms with Gasteiger partial charge >= 0.3 is 5.97 Å². The van der Waals surface area contributed by atoms with Crippen molar-refractivity contribution in [2.45, 2.75) is 13.8 Å². The van der Waals surface area contributed by atoms with Crippen LogP contribution in [0.25, 0.3) is 0 Å². The molecular formula is C14H19ClN2O3. The number of nitrogens with zero attached hydrogens (tertiary/aromatic N) is 1. The summed E-state index contributed by atoms with van der Waals surface area (Å²) in [5.41, 5.74) is 1.61.